The molecule has 1 aliphatic rings. The maximum atomic E-state index is 9.90. The van der Waals surface area contributed by atoms with Gasteiger partial charge in [-0.15, -0.1) is 0 Å². The summed E-state index contributed by atoms with van der Waals surface area (Å²) in [7, 11) is 0. The molecule has 1 aromatic carbocycles. The van der Waals surface area contributed by atoms with Gasteiger partial charge in [0.1, 0.15) is 11.9 Å². The molecule has 0 fully saturated rings. The Kier molecular flexibility index (Phi) is 2.46. The Morgan fingerprint density at radius 1 is 1.36 bits per heavy atom. The SMILES string of the molecule is CC(C)C1C[C@@H](O)c2ccccc2O1. The lowest BCUT2D eigenvalue weighted by molar-refractivity contribution is 0.0427. The van der Waals surface area contributed by atoms with Crippen LogP contribution in [0, 0.1) is 5.92 Å². The average Bonchev–Trinajstić information content (AvgIpc) is 2.17. The van der Waals surface area contributed by atoms with Crippen LogP contribution in [0.4, 0.5) is 0 Å². The molecule has 0 aliphatic carbocycles. The molecule has 0 amide bonds. The van der Waals surface area contributed by atoms with E-state index < -0.39 is 0 Å². The van der Waals surface area contributed by atoms with Gasteiger partial charge in [-0.2, -0.15) is 0 Å². The number of benzene rings is 1. The molecule has 0 aromatic heterocycles. The van der Waals surface area contributed by atoms with E-state index in [1.807, 2.05) is 24.3 Å². The largest absolute Gasteiger partial charge is 0.490 e. The summed E-state index contributed by atoms with van der Waals surface area (Å²) in [5.74, 6) is 1.28. The number of hydrogen-bond acceptors (Lipinski definition) is 2. The highest BCUT2D eigenvalue weighted by molar-refractivity contribution is 5.36. The third kappa shape index (κ3) is 1.62. The van der Waals surface area contributed by atoms with E-state index in [1.165, 1.54) is 0 Å². The van der Waals surface area contributed by atoms with Crippen molar-refractivity contribution in [3.05, 3.63) is 29.8 Å². The second kappa shape index (κ2) is 3.62. The third-order valence-corrected chi connectivity index (χ3v) is 2.76. The molecule has 0 radical (unpaired) electrons. The van der Waals surface area contributed by atoms with Gasteiger partial charge in [0.05, 0.1) is 6.10 Å². The van der Waals surface area contributed by atoms with Crippen molar-refractivity contribution in [2.75, 3.05) is 0 Å². The Balaban J connectivity index is 2.29. The Bertz CT molecular complexity index is 320. The van der Waals surface area contributed by atoms with Crippen molar-refractivity contribution in [1.82, 2.24) is 0 Å². The summed E-state index contributed by atoms with van der Waals surface area (Å²) in [6.07, 6.45) is 0.474. The fourth-order valence-corrected chi connectivity index (χ4v) is 1.83. The van der Waals surface area contributed by atoms with E-state index in [9.17, 15) is 5.11 Å². The Morgan fingerprint density at radius 3 is 2.79 bits per heavy atom. The zero-order chi connectivity index (χ0) is 10.1. The first-order valence-electron chi connectivity index (χ1n) is 5.12. The maximum Gasteiger partial charge on any atom is 0.125 e. The molecule has 2 nitrogen and oxygen atoms in total. The number of rotatable bonds is 1. The standard InChI is InChI=1S/C12H16O2/c1-8(2)12-7-10(13)9-5-3-4-6-11(9)14-12/h3-6,8,10,12-13H,7H2,1-2H3/t10-,12?/m1/s1. The van der Waals surface area contributed by atoms with Crippen LogP contribution < -0.4 is 4.74 Å². The molecular formula is C12H16O2. The molecule has 0 saturated heterocycles. The summed E-state index contributed by atoms with van der Waals surface area (Å²) in [6.45, 7) is 4.23. The van der Waals surface area contributed by atoms with E-state index >= 15 is 0 Å². The average molecular weight is 192 g/mol. The van der Waals surface area contributed by atoms with Crippen LogP contribution in [0.5, 0.6) is 5.75 Å². The molecule has 1 unspecified atom stereocenters. The van der Waals surface area contributed by atoms with Crippen LogP contribution in [0.15, 0.2) is 24.3 Å². The van der Waals surface area contributed by atoms with Crippen molar-refractivity contribution >= 4 is 0 Å². The van der Waals surface area contributed by atoms with Crippen molar-refractivity contribution in [1.29, 1.82) is 0 Å². The van der Waals surface area contributed by atoms with E-state index in [1.54, 1.807) is 0 Å². The van der Waals surface area contributed by atoms with Crippen LogP contribution in [0.25, 0.3) is 0 Å². The normalized spacial score (nSPS) is 25.7. The monoisotopic (exact) mass is 192 g/mol. The predicted molar refractivity (Wildman–Crippen MR) is 55.3 cm³/mol. The van der Waals surface area contributed by atoms with Gasteiger partial charge in [0.2, 0.25) is 0 Å². The highest BCUT2D eigenvalue weighted by Gasteiger charge is 2.28. The van der Waals surface area contributed by atoms with E-state index in [2.05, 4.69) is 13.8 Å². The molecule has 76 valence electrons. The van der Waals surface area contributed by atoms with Crippen molar-refractivity contribution in [3.63, 3.8) is 0 Å². The number of ether oxygens (including phenoxy) is 1. The van der Waals surface area contributed by atoms with E-state index in [0.29, 0.717) is 12.3 Å². The minimum atomic E-state index is -0.368. The number of para-hydroxylation sites is 1. The fourth-order valence-electron chi connectivity index (χ4n) is 1.83. The van der Waals surface area contributed by atoms with Gasteiger partial charge in [0, 0.05) is 12.0 Å². The van der Waals surface area contributed by atoms with Crippen molar-refractivity contribution in [2.45, 2.75) is 32.5 Å². The summed E-state index contributed by atoms with van der Waals surface area (Å²) in [6, 6.07) is 7.72. The number of fused-ring (bicyclic) bond motifs is 1. The first kappa shape index (κ1) is 9.53. The maximum absolute atomic E-state index is 9.90. The lowest BCUT2D eigenvalue weighted by Crippen LogP contribution is -2.30. The molecule has 2 heteroatoms. The molecule has 1 heterocycles. The van der Waals surface area contributed by atoms with Gasteiger partial charge < -0.3 is 9.84 Å². The lowest BCUT2D eigenvalue weighted by atomic mass is 9.93. The first-order chi connectivity index (χ1) is 6.68. The van der Waals surface area contributed by atoms with Crippen LogP contribution in [0.3, 0.4) is 0 Å². The van der Waals surface area contributed by atoms with Crippen LogP contribution in [-0.4, -0.2) is 11.2 Å². The molecule has 0 spiro atoms. The van der Waals surface area contributed by atoms with Gasteiger partial charge in [0.15, 0.2) is 0 Å². The van der Waals surface area contributed by atoms with Crippen LogP contribution in [0.2, 0.25) is 0 Å². The Morgan fingerprint density at radius 2 is 2.07 bits per heavy atom. The molecule has 1 aliphatic heterocycles. The van der Waals surface area contributed by atoms with E-state index in [4.69, 9.17) is 4.74 Å². The van der Waals surface area contributed by atoms with Crippen molar-refractivity contribution in [2.24, 2.45) is 5.92 Å². The lowest BCUT2D eigenvalue weighted by Gasteiger charge is -2.31. The number of aliphatic hydroxyl groups excluding tert-OH is 1. The second-order valence-corrected chi connectivity index (χ2v) is 4.19. The van der Waals surface area contributed by atoms with Gasteiger partial charge >= 0.3 is 0 Å². The highest BCUT2D eigenvalue weighted by Crippen LogP contribution is 2.36. The van der Waals surface area contributed by atoms with Crippen molar-refractivity contribution in [3.8, 4) is 5.75 Å². The summed E-state index contributed by atoms with van der Waals surface area (Å²) in [5, 5.41) is 9.90. The minimum Gasteiger partial charge on any atom is -0.490 e. The van der Waals surface area contributed by atoms with Crippen molar-refractivity contribution < 1.29 is 9.84 Å². The van der Waals surface area contributed by atoms with Crippen LogP contribution in [-0.2, 0) is 0 Å². The quantitative estimate of drug-likeness (QED) is 0.741. The summed E-state index contributed by atoms with van der Waals surface area (Å²) < 4.78 is 5.80. The Labute approximate surface area is 84.5 Å². The summed E-state index contributed by atoms with van der Waals surface area (Å²) in [5.41, 5.74) is 0.921. The predicted octanol–water partition coefficient (Wildman–Crippen LogP) is 2.53. The molecule has 2 atom stereocenters. The van der Waals surface area contributed by atoms with Gasteiger partial charge in [0.25, 0.3) is 0 Å². The van der Waals surface area contributed by atoms with Gasteiger partial charge in [-0.3, -0.25) is 0 Å². The molecule has 0 saturated carbocycles. The zero-order valence-corrected chi connectivity index (χ0v) is 8.60. The van der Waals surface area contributed by atoms with Crippen LogP contribution >= 0.6 is 0 Å². The van der Waals surface area contributed by atoms with Gasteiger partial charge in [-0.1, -0.05) is 32.0 Å². The zero-order valence-electron chi connectivity index (χ0n) is 8.60. The topological polar surface area (TPSA) is 29.5 Å². The molecular weight excluding hydrogens is 176 g/mol. The van der Waals surface area contributed by atoms with Crippen LogP contribution in [0.1, 0.15) is 31.9 Å². The van der Waals surface area contributed by atoms with E-state index in [0.717, 1.165) is 11.3 Å². The number of hydrogen-bond donors (Lipinski definition) is 1. The molecule has 2 rings (SSSR count). The molecule has 14 heavy (non-hydrogen) atoms. The number of aliphatic hydroxyl groups is 1. The summed E-state index contributed by atoms with van der Waals surface area (Å²) >= 11 is 0. The molecule has 1 aromatic rings. The van der Waals surface area contributed by atoms with E-state index in [-0.39, 0.29) is 12.2 Å². The minimum absolute atomic E-state index is 0.139. The third-order valence-electron chi connectivity index (χ3n) is 2.76. The first-order valence-corrected chi connectivity index (χ1v) is 5.12. The molecule has 0 bridgehead atoms. The van der Waals surface area contributed by atoms with Gasteiger partial charge in [-0.05, 0) is 12.0 Å². The van der Waals surface area contributed by atoms with Gasteiger partial charge in [-0.25, -0.2) is 0 Å². The molecule has 1 N–H and O–H groups in total. The smallest absolute Gasteiger partial charge is 0.125 e. The second-order valence-electron chi connectivity index (χ2n) is 4.19. The highest BCUT2D eigenvalue weighted by atomic mass is 16.5. The summed E-state index contributed by atoms with van der Waals surface area (Å²) in [4.78, 5) is 0. The fraction of sp³-hybridized carbons (Fsp3) is 0.500. The Hall–Kier alpha value is -1.02.